The molecule has 286 valence electrons. The third kappa shape index (κ3) is 6.25. The normalized spacial score (nSPS) is 20.8. The number of aryl methyl sites for hydroxylation is 1. The molecule has 1 spiro atoms. The third-order valence-electron chi connectivity index (χ3n) is 11.9. The number of H-pyrrole nitrogens is 1. The quantitative estimate of drug-likeness (QED) is 0.226. The Hall–Kier alpha value is -6.09. The van der Waals surface area contributed by atoms with Crippen molar-refractivity contribution in [3.8, 4) is 0 Å². The highest BCUT2D eigenvalue weighted by atomic mass is 19.1. The van der Waals surface area contributed by atoms with Crippen molar-refractivity contribution < 1.29 is 28.4 Å². The second-order valence-corrected chi connectivity index (χ2v) is 15.6. The van der Waals surface area contributed by atoms with Gasteiger partial charge in [0.25, 0.3) is 23.3 Å². The molecule has 0 radical (unpaired) electrons. The van der Waals surface area contributed by atoms with Gasteiger partial charge < -0.3 is 15.2 Å². The minimum atomic E-state index is -1.12. The van der Waals surface area contributed by atoms with E-state index in [1.165, 1.54) is 11.6 Å². The van der Waals surface area contributed by atoms with Gasteiger partial charge in [-0.25, -0.2) is 4.39 Å². The van der Waals surface area contributed by atoms with Crippen molar-refractivity contribution in [2.75, 3.05) is 31.1 Å². The van der Waals surface area contributed by atoms with Crippen molar-refractivity contribution in [2.45, 2.75) is 64.1 Å². The van der Waals surface area contributed by atoms with Crippen LogP contribution in [0.1, 0.15) is 86.9 Å². The molecule has 1 unspecified atom stereocenters. The van der Waals surface area contributed by atoms with E-state index in [0.29, 0.717) is 31.7 Å². The Morgan fingerprint density at radius 2 is 1.77 bits per heavy atom. The first kappa shape index (κ1) is 35.6. The van der Waals surface area contributed by atoms with E-state index in [1.807, 2.05) is 36.2 Å². The van der Waals surface area contributed by atoms with Gasteiger partial charge in [-0.2, -0.15) is 0 Å². The number of fused-ring (bicyclic) bond motifs is 2. The third-order valence-corrected chi connectivity index (χ3v) is 11.9. The molecule has 5 amide bonds. The number of carbonyl (C=O) groups excluding carboxylic acids is 5. The fraction of sp³-hybridized carbons (Fsp3) is 0.366. The molecule has 0 bridgehead atoms. The maximum Gasteiger partial charge on any atom is 0.270 e. The first-order valence-electron chi connectivity index (χ1n) is 19.0. The summed E-state index contributed by atoms with van der Waals surface area (Å²) in [6, 6.07) is 8.79. The first-order chi connectivity index (χ1) is 27.0. The highest BCUT2D eigenvalue weighted by Crippen LogP contribution is 2.50. The van der Waals surface area contributed by atoms with Crippen molar-refractivity contribution in [1.29, 1.82) is 0 Å². The second kappa shape index (κ2) is 13.6. The number of rotatable bonds is 8. The minimum absolute atomic E-state index is 0.00179. The summed E-state index contributed by atoms with van der Waals surface area (Å²) in [6.07, 6.45) is 8.74. The Labute approximate surface area is 320 Å². The Balaban J connectivity index is 0.759. The summed E-state index contributed by atoms with van der Waals surface area (Å²) in [4.78, 5) is 92.6. The van der Waals surface area contributed by atoms with Gasteiger partial charge in [0, 0.05) is 68.6 Å². The molecule has 4 aromatic rings. The van der Waals surface area contributed by atoms with Gasteiger partial charge in [0.1, 0.15) is 17.6 Å². The predicted molar refractivity (Wildman–Crippen MR) is 202 cm³/mol. The number of piperidine rings is 1. The lowest BCUT2D eigenvalue weighted by Gasteiger charge is -2.59. The number of carbonyl (C=O) groups is 5. The number of aromatic nitrogens is 3. The van der Waals surface area contributed by atoms with Gasteiger partial charge in [-0.3, -0.25) is 53.9 Å². The molecule has 3 fully saturated rings. The number of pyridine rings is 3. The molecule has 1 aliphatic carbocycles. The smallest absolute Gasteiger partial charge is 0.270 e. The fourth-order valence-corrected chi connectivity index (χ4v) is 8.87. The SMILES string of the molecule is CCc1cc2ncc(CN3CC=C(c4ccc(C(=O)NC5CC6(C5)CN(c5cc7c(cc5F)C(=O)N(C5CCC(=O)NC5=O)C7=O)C6)nc4)CC3)cc2[nH]c1=O. The highest BCUT2D eigenvalue weighted by Gasteiger charge is 2.54. The predicted octanol–water partition coefficient (Wildman–Crippen LogP) is 3.11. The number of hydrogen-bond acceptors (Lipinski definition) is 10. The van der Waals surface area contributed by atoms with Crippen molar-refractivity contribution in [3.05, 3.63) is 105 Å². The number of benzene rings is 1. The standard InChI is InChI=1S/C41H39FN8O6/c1-2-23-12-31-32(46-36(23)52)11-22(17-43-31)19-48-9-7-24(8-10-48)25-3-4-30(44-18-25)37(53)45-26-15-41(16-26)20-49(21-41)34-14-28-27(13-29(34)42)39(55)50(40(28)56)33-5-6-35(51)47-38(33)54/h3-4,7,11-14,17-18,26,33H,2,5-6,8-10,15-16,19-21H2,1H3,(H,45,53)(H,46,52)(H,47,51,54). The van der Waals surface area contributed by atoms with Crippen LogP contribution < -0.4 is 21.1 Å². The van der Waals surface area contributed by atoms with Crippen LogP contribution in [0.15, 0.2) is 59.7 Å². The van der Waals surface area contributed by atoms with E-state index in [0.717, 1.165) is 71.0 Å². The molecule has 7 heterocycles. The fourth-order valence-electron chi connectivity index (χ4n) is 8.87. The van der Waals surface area contributed by atoms with E-state index in [9.17, 15) is 28.8 Å². The van der Waals surface area contributed by atoms with Gasteiger partial charge >= 0.3 is 0 Å². The van der Waals surface area contributed by atoms with Gasteiger partial charge in [0.05, 0.1) is 27.8 Å². The number of aromatic amines is 1. The van der Waals surface area contributed by atoms with E-state index in [2.05, 4.69) is 36.6 Å². The Morgan fingerprint density at radius 1 is 0.982 bits per heavy atom. The molecule has 4 aliphatic heterocycles. The van der Waals surface area contributed by atoms with E-state index in [-0.39, 0.29) is 52.6 Å². The molecule has 1 aromatic carbocycles. The van der Waals surface area contributed by atoms with E-state index < -0.39 is 35.5 Å². The molecule has 14 nitrogen and oxygen atoms in total. The largest absolute Gasteiger partial charge is 0.368 e. The van der Waals surface area contributed by atoms with Crippen LogP contribution in [0.4, 0.5) is 10.1 Å². The number of halogens is 1. The van der Waals surface area contributed by atoms with E-state index in [1.54, 1.807) is 12.3 Å². The number of amides is 5. The van der Waals surface area contributed by atoms with Crippen molar-refractivity contribution in [3.63, 3.8) is 0 Å². The summed E-state index contributed by atoms with van der Waals surface area (Å²) in [7, 11) is 0. The lowest BCUT2D eigenvalue weighted by atomic mass is 9.60. The van der Waals surface area contributed by atoms with Gasteiger partial charge in [-0.1, -0.05) is 19.1 Å². The molecule has 15 heteroatoms. The Bertz CT molecular complexity index is 2450. The summed E-state index contributed by atoms with van der Waals surface area (Å²) in [5.74, 6) is -3.49. The summed E-state index contributed by atoms with van der Waals surface area (Å²) < 4.78 is 15.3. The van der Waals surface area contributed by atoms with Crippen LogP contribution in [0, 0.1) is 11.2 Å². The second-order valence-electron chi connectivity index (χ2n) is 15.6. The average molecular weight is 759 g/mol. The van der Waals surface area contributed by atoms with E-state index in [4.69, 9.17) is 0 Å². The number of hydrogen-bond donors (Lipinski definition) is 3. The van der Waals surface area contributed by atoms with Crippen LogP contribution in [0.2, 0.25) is 0 Å². The molecular weight excluding hydrogens is 719 g/mol. The molecule has 1 saturated carbocycles. The number of nitrogens with zero attached hydrogens (tertiary/aromatic N) is 5. The summed E-state index contributed by atoms with van der Waals surface area (Å²) in [5, 5.41) is 5.24. The maximum absolute atomic E-state index is 15.3. The zero-order valence-corrected chi connectivity index (χ0v) is 30.7. The monoisotopic (exact) mass is 758 g/mol. The number of nitrogens with one attached hydrogen (secondary N) is 3. The molecule has 1 atom stereocenters. The minimum Gasteiger partial charge on any atom is -0.368 e. The lowest BCUT2D eigenvalue weighted by molar-refractivity contribution is -0.136. The molecule has 9 rings (SSSR count). The van der Waals surface area contributed by atoms with Gasteiger partial charge in [-0.15, -0.1) is 0 Å². The molecular formula is C41H39FN8O6. The van der Waals surface area contributed by atoms with Gasteiger partial charge in [-0.05, 0) is 79.1 Å². The Morgan fingerprint density at radius 3 is 2.46 bits per heavy atom. The zero-order valence-electron chi connectivity index (χ0n) is 30.7. The molecule has 2 saturated heterocycles. The van der Waals surface area contributed by atoms with Crippen LogP contribution in [-0.4, -0.2) is 92.6 Å². The lowest BCUT2D eigenvalue weighted by Crippen LogP contribution is -2.66. The summed E-state index contributed by atoms with van der Waals surface area (Å²) >= 11 is 0. The number of imide groups is 2. The zero-order chi connectivity index (χ0) is 38.9. The average Bonchev–Trinajstić information content (AvgIpc) is 3.39. The summed E-state index contributed by atoms with van der Waals surface area (Å²) in [5.41, 5.74) is 5.76. The highest BCUT2D eigenvalue weighted by molar-refractivity contribution is 6.23. The Kier molecular flexibility index (Phi) is 8.64. The van der Waals surface area contributed by atoms with Crippen LogP contribution >= 0.6 is 0 Å². The first-order valence-corrected chi connectivity index (χ1v) is 19.0. The van der Waals surface area contributed by atoms with Crippen LogP contribution in [0.25, 0.3) is 16.6 Å². The van der Waals surface area contributed by atoms with Crippen LogP contribution in [0.5, 0.6) is 0 Å². The molecule has 3 aromatic heterocycles. The van der Waals surface area contributed by atoms with Crippen LogP contribution in [-0.2, 0) is 22.6 Å². The molecule has 5 aliphatic rings. The van der Waals surface area contributed by atoms with Gasteiger partial charge in [0.2, 0.25) is 11.8 Å². The molecule has 56 heavy (non-hydrogen) atoms. The van der Waals surface area contributed by atoms with Crippen molar-refractivity contribution in [1.82, 2.24) is 35.4 Å². The molecule has 3 N–H and O–H groups in total. The van der Waals surface area contributed by atoms with Crippen LogP contribution in [0.3, 0.4) is 0 Å². The van der Waals surface area contributed by atoms with Crippen molar-refractivity contribution in [2.24, 2.45) is 5.41 Å². The topological polar surface area (TPSA) is 178 Å². The van der Waals surface area contributed by atoms with Gasteiger partial charge in [0.15, 0.2) is 0 Å². The van der Waals surface area contributed by atoms with E-state index >= 15 is 4.39 Å². The maximum atomic E-state index is 15.3. The number of anilines is 1. The van der Waals surface area contributed by atoms with Crippen molar-refractivity contribution >= 4 is 51.8 Å². The summed E-state index contributed by atoms with van der Waals surface area (Å²) in [6.45, 7) is 5.33.